The van der Waals surface area contributed by atoms with Crippen LogP contribution in [0.5, 0.6) is 5.75 Å². The van der Waals surface area contributed by atoms with Crippen LogP contribution in [0.2, 0.25) is 10.0 Å². The first kappa shape index (κ1) is 20.2. The summed E-state index contributed by atoms with van der Waals surface area (Å²) in [7, 11) is 0. The number of halogens is 4. The highest BCUT2D eigenvalue weighted by Crippen LogP contribution is 2.36. The Bertz CT molecular complexity index is 965. The molecule has 4 nitrogen and oxygen atoms in total. The predicted molar refractivity (Wildman–Crippen MR) is 122 cm³/mol. The van der Waals surface area contributed by atoms with Gasteiger partial charge in [0.2, 0.25) is 0 Å². The summed E-state index contributed by atoms with van der Waals surface area (Å²) in [5.41, 5.74) is 1.20. The molecule has 1 N–H and O–H groups in total. The summed E-state index contributed by atoms with van der Waals surface area (Å²) in [6.07, 6.45) is 1.54. The van der Waals surface area contributed by atoms with Crippen molar-refractivity contribution >= 4 is 97.4 Å². The normalized spacial score (nSPS) is 16.0. The van der Waals surface area contributed by atoms with Crippen LogP contribution < -0.4 is 0 Å². The Morgan fingerprint density at radius 1 is 1.12 bits per heavy atom. The van der Waals surface area contributed by atoms with Crippen LogP contribution in [0.25, 0.3) is 6.08 Å². The van der Waals surface area contributed by atoms with E-state index in [0.717, 1.165) is 20.2 Å². The third-order valence-corrected chi connectivity index (χ3v) is 6.63. The largest absolute Gasteiger partial charge is 0.506 e. The number of carbonyl (C=O) groups is 2. The van der Waals surface area contributed by atoms with Crippen LogP contribution in [-0.4, -0.2) is 21.2 Å². The van der Waals surface area contributed by atoms with Crippen molar-refractivity contribution in [1.29, 1.82) is 0 Å². The number of nitrogens with zero attached hydrogens (tertiary/aromatic N) is 1. The molecule has 1 aliphatic heterocycles. The molecule has 9 heteroatoms. The van der Waals surface area contributed by atoms with Crippen LogP contribution in [-0.2, 0) is 11.3 Å². The lowest BCUT2D eigenvalue weighted by atomic mass is 10.2. The molecule has 0 bridgehead atoms. The standard InChI is InChI=1S/C17H9Cl2I2NO3S/c18-11-2-1-8(3-12(11)19)7-22-16(24)14(26-17(22)25)5-9-4-10(20)6-13(21)15(9)23/h1-6,23H,7H2/b14-5-. The molecule has 3 rings (SSSR count). The maximum atomic E-state index is 12.6. The number of hydrogen-bond donors (Lipinski definition) is 1. The lowest BCUT2D eigenvalue weighted by Crippen LogP contribution is -2.27. The Labute approximate surface area is 191 Å². The van der Waals surface area contributed by atoms with Crippen molar-refractivity contribution in [2.24, 2.45) is 0 Å². The van der Waals surface area contributed by atoms with Gasteiger partial charge in [-0.15, -0.1) is 0 Å². The number of amides is 2. The van der Waals surface area contributed by atoms with Gasteiger partial charge in [-0.2, -0.15) is 0 Å². The molecule has 2 aromatic rings. The van der Waals surface area contributed by atoms with E-state index in [1.54, 1.807) is 30.3 Å². The highest BCUT2D eigenvalue weighted by molar-refractivity contribution is 14.1. The summed E-state index contributed by atoms with van der Waals surface area (Å²) in [5.74, 6) is -0.318. The van der Waals surface area contributed by atoms with E-state index < -0.39 is 5.91 Å². The van der Waals surface area contributed by atoms with E-state index in [-0.39, 0.29) is 22.4 Å². The van der Waals surface area contributed by atoms with E-state index in [9.17, 15) is 14.7 Å². The van der Waals surface area contributed by atoms with E-state index in [0.29, 0.717) is 24.7 Å². The molecule has 134 valence electrons. The molecule has 1 fully saturated rings. The number of imide groups is 1. The monoisotopic (exact) mass is 631 g/mol. The van der Waals surface area contributed by atoms with Crippen molar-refractivity contribution in [3.63, 3.8) is 0 Å². The zero-order chi connectivity index (χ0) is 19.0. The highest BCUT2D eigenvalue weighted by atomic mass is 127. The Kier molecular flexibility index (Phi) is 6.43. The lowest BCUT2D eigenvalue weighted by molar-refractivity contribution is -0.123. The highest BCUT2D eigenvalue weighted by Gasteiger charge is 2.35. The van der Waals surface area contributed by atoms with Crippen LogP contribution in [0.3, 0.4) is 0 Å². The molecule has 0 aromatic heterocycles. The molecule has 1 saturated heterocycles. The van der Waals surface area contributed by atoms with E-state index in [4.69, 9.17) is 23.2 Å². The van der Waals surface area contributed by atoms with Gasteiger partial charge in [0.1, 0.15) is 5.75 Å². The van der Waals surface area contributed by atoms with Crippen LogP contribution in [0.1, 0.15) is 11.1 Å². The molecule has 1 aliphatic rings. The predicted octanol–water partition coefficient (Wildman–Crippen LogP) is 6.14. The molecule has 2 aromatic carbocycles. The second kappa shape index (κ2) is 8.26. The number of rotatable bonds is 3. The van der Waals surface area contributed by atoms with Gasteiger partial charge in [-0.1, -0.05) is 29.3 Å². The zero-order valence-corrected chi connectivity index (χ0v) is 19.4. The second-order valence-corrected chi connectivity index (χ2v) is 9.56. The summed E-state index contributed by atoms with van der Waals surface area (Å²) < 4.78 is 1.60. The maximum absolute atomic E-state index is 12.6. The van der Waals surface area contributed by atoms with E-state index in [2.05, 4.69) is 22.6 Å². The fourth-order valence-electron chi connectivity index (χ4n) is 2.29. The SMILES string of the molecule is O=C1S/C(=C\c2cc(I)cc(I)c2O)C(=O)N1Cc1ccc(Cl)c(Cl)c1. The molecule has 0 unspecified atom stereocenters. The van der Waals surface area contributed by atoms with Crippen molar-refractivity contribution in [1.82, 2.24) is 4.90 Å². The molecule has 0 aliphatic carbocycles. The van der Waals surface area contributed by atoms with Gasteiger partial charge in [0.05, 0.1) is 25.1 Å². The summed E-state index contributed by atoms with van der Waals surface area (Å²) in [6, 6.07) is 8.55. The van der Waals surface area contributed by atoms with Gasteiger partial charge in [0.25, 0.3) is 11.1 Å². The Hall–Kier alpha value is -0.490. The van der Waals surface area contributed by atoms with Gasteiger partial charge in [-0.05, 0) is 92.8 Å². The Morgan fingerprint density at radius 3 is 2.54 bits per heavy atom. The molecular weight excluding hydrogens is 623 g/mol. The Morgan fingerprint density at radius 2 is 1.85 bits per heavy atom. The molecule has 1 heterocycles. The number of aromatic hydroxyl groups is 1. The average Bonchev–Trinajstić information content (AvgIpc) is 2.83. The van der Waals surface area contributed by atoms with Crippen LogP contribution in [0, 0.1) is 7.14 Å². The van der Waals surface area contributed by atoms with Crippen molar-refractivity contribution < 1.29 is 14.7 Å². The van der Waals surface area contributed by atoms with Crippen molar-refractivity contribution in [3.8, 4) is 5.75 Å². The molecule has 0 radical (unpaired) electrons. The number of phenolic OH excluding ortho intramolecular Hbond substituents is 1. The average molecular weight is 632 g/mol. The topological polar surface area (TPSA) is 57.6 Å². The summed E-state index contributed by atoms with van der Waals surface area (Å²) in [5, 5.41) is 10.6. The third kappa shape index (κ3) is 4.32. The third-order valence-electron chi connectivity index (χ3n) is 3.54. The fraction of sp³-hybridized carbons (Fsp3) is 0.0588. The minimum atomic E-state index is -0.403. The first-order chi connectivity index (χ1) is 12.3. The summed E-state index contributed by atoms with van der Waals surface area (Å²) >= 11 is 16.9. The van der Waals surface area contributed by atoms with Crippen molar-refractivity contribution in [2.75, 3.05) is 0 Å². The smallest absolute Gasteiger partial charge is 0.293 e. The minimum absolute atomic E-state index is 0.0855. The Balaban J connectivity index is 1.88. The fourth-order valence-corrected chi connectivity index (χ4v) is 5.33. The van der Waals surface area contributed by atoms with E-state index in [1.165, 1.54) is 0 Å². The summed E-state index contributed by atoms with van der Waals surface area (Å²) in [4.78, 5) is 26.3. The van der Waals surface area contributed by atoms with Crippen molar-refractivity contribution in [2.45, 2.75) is 6.54 Å². The molecule has 0 spiro atoms. The van der Waals surface area contributed by atoms with Crippen LogP contribution >= 0.6 is 80.1 Å². The number of thioether (sulfide) groups is 1. The minimum Gasteiger partial charge on any atom is -0.506 e. The molecule has 2 amide bonds. The van der Waals surface area contributed by atoms with Gasteiger partial charge >= 0.3 is 0 Å². The van der Waals surface area contributed by atoms with Crippen molar-refractivity contribution in [3.05, 3.63) is 63.5 Å². The molecule has 26 heavy (non-hydrogen) atoms. The number of phenols is 1. The van der Waals surface area contributed by atoms with Crippen LogP contribution in [0.15, 0.2) is 35.2 Å². The molecular formula is C17H9Cl2I2NO3S. The van der Waals surface area contributed by atoms with Gasteiger partial charge in [0, 0.05) is 9.13 Å². The zero-order valence-electron chi connectivity index (χ0n) is 12.8. The van der Waals surface area contributed by atoms with Gasteiger partial charge < -0.3 is 5.11 Å². The summed E-state index contributed by atoms with van der Waals surface area (Å²) in [6.45, 7) is 0.106. The molecule has 0 saturated carbocycles. The van der Waals surface area contributed by atoms with Crippen LogP contribution in [0.4, 0.5) is 4.79 Å². The number of benzene rings is 2. The van der Waals surface area contributed by atoms with E-state index >= 15 is 0 Å². The molecule has 0 atom stereocenters. The second-order valence-electron chi connectivity index (χ2n) is 5.34. The van der Waals surface area contributed by atoms with Gasteiger partial charge in [-0.3, -0.25) is 14.5 Å². The van der Waals surface area contributed by atoms with Gasteiger partial charge in [0.15, 0.2) is 0 Å². The van der Waals surface area contributed by atoms with E-state index in [1.807, 2.05) is 28.7 Å². The van der Waals surface area contributed by atoms with Gasteiger partial charge in [-0.25, -0.2) is 0 Å². The number of carbonyl (C=O) groups excluding carboxylic acids is 2. The quantitative estimate of drug-likeness (QED) is 0.327. The first-order valence-corrected chi connectivity index (χ1v) is 10.9. The maximum Gasteiger partial charge on any atom is 0.293 e. The lowest BCUT2D eigenvalue weighted by Gasteiger charge is -2.13. The first-order valence-electron chi connectivity index (χ1n) is 7.13. The number of hydrogen-bond acceptors (Lipinski definition) is 4.